The van der Waals surface area contributed by atoms with Gasteiger partial charge in [0.25, 0.3) is 0 Å². The van der Waals surface area contributed by atoms with Gasteiger partial charge in [-0.1, -0.05) is 17.7 Å². The van der Waals surface area contributed by atoms with E-state index in [1.54, 1.807) is 6.07 Å². The minimum atomic E-state index is -0.0805. The van der Waals surface area contributed by atoms with E-state index >= 15 is 0 Å². The first kappa shape index (κ1) is 12.0. The van der Waals surface area contributed by atoms with Gasteiger partial charge < -0.3 is 10.5 Å². The molecule has 0 saturated heterocycles. The van der Waals surface area contributed by atoms with Crippen molar-refractivity contribution in [1.29, 1.82) is 0 Å². The lowest BCUT2D eigenvalue weighted by Gasteiger charge is -2.11. The molecule has 0 radical (unpaired) electrons. The zero-order chi connectivity index (χ0) is 11.4. The first-order valence-electron chi connectivity index (χ1n) is 4.68. The van der Waals surface area contributed by atoms with Crippen LogP contribution >= 0.6 is 11.6 Å². The van der Waals surface area contributed by atoms with E-state index in [0.717, 1.165) is 5.56 Å². The van der Waals surface area contributed by atoms with Gasteiger partial charge in [0, 0.05) is 6.42 Å². The summed E-state index contributed by atoms with van der Waals surface area (Å²) in [7, 11) is 1.53. The molecule has 0 bridgehead atoms. The van der Waals surface area contributed by atoms with E-state index in [-0.39, 0.29) is 12.2 Å². The molecule has 0 aliphatic carbocycles. The number of Topliss-reactive ketones (excluding diaryl/α,β-unsaturated/α-hetero) is 1. The molecule has 0 amide bonds. The summed E-state index contributed by atoms with van der Waals surface area (Å²) in [5.41, 5.74) is 6.67. The zero-order valence-corrected chi connectivity index (χ0v) is 9.60. The van der Waals surface area contributed by atoms with Crippen LogP contribution in [0.4, 0.5) is 0 Å². The molecular weight excluding hydrogens is 214 g/mol. The van der Waals surface area contributed by atoms with Gasteiger partial charge in [-0.25, -0.2) is 0 Å². The molecule has 0 aliphatic heterocycles. The van der Waals surface area contributed by atoms with Crippen molar-refractivity contribution in [1.82, 2.24) is 0 Å². The van der Waals surface area contributed by atoms with E-state index in [2.05, 4.69) is 0 Å². The van der Waals surface area contributed by atoms with Crippen LogP contribution < -0.4 is 10.5 Å². The number of nitrogens with two attached hydrogens (primary N) is 1. The zero-order valence-electron chi connectivity index (χ0n) is 8.84. The van der Waals surface area contributed by atoms with E-state index in [1.165, 1.54) is 7.11 Å². The molecule has 0 unspecified atom stereocenters. The third-order valence-electron chi connectivity index (χ3n) is 2.16. The number of rotatable bonds is 4. The van der Waals surface area contributed by atoms with Crippen LogP contribution in [0.25, 0.3) is 0 Å². The number of ether oxygens (including phenoxy) is 1. The second-order valence-electron chi connectivity index (χ2n) is 3.23. The van der Waals surface area contributed by atoms with Gasteiger partial charge in [0.1, 0.15) is 5.75 Å². The van der Waals surface area contributed by atoms with Gasteiger partial charge >= 0.3 is 0 Å². The van der Waals surface area contributed by atoms with E-state index < -0.39 is 0 Å². The molecular formula is C11H14ClNO2. The van der Waals surface area contributed by atoms with Crippen molar-refractivity contribution < 1.29 is 9.53 Å². The number of aryl methyl sites for hydroxylation is 1. The quantitative estimate of drug-likeness (QED) is 0.803. The van der Waals surface area contributed by atoms with Gasteiger partial charge in [0.05, 0.1) is 17.7 Å². The number of halogens is 1. The average Bonchev–Trinajstić information content (AvgIpc) is 2.21. The number of carbonyl (C=O) groups is 1. The van der Waals surface area contributed by atoms with Crippen molar-refractivity contribution in [2.75, 3.05) is 13.7 Å². The molecule has 3 nitrogen and oxygen atoms in total. The van der Waals surface area contributed by atoms with Crippen molar-refractivity contribution in [3.63, 3.8) is 0 Å². The maximum atomic E-state index is 11.8. The lowest BCUT2D eigenvalue weighted by atomic mass is 10.0. The first-order chi connectivity index (χ1) is 7.11. The topological polar surface area (TPSA) is 52.3 Å². The molecule has 0 heterocycles. The Morgan fingerprint density at radius 2 is 2.20 bits per heavy atom. The summed E-state index contributed by atoms with van der Waals surface area (Å²) in [5, 5.41) is 0.413. The van der Waals surface area contributed by atoms with Crippen LogP contribution in [0.1, 0.15) is 22.3 Å². The lowest BCUT2D eigenvalue weighted by Crippen LogP contribution is -2.10. The van der Waals surface area contributed by atoms with E-state index in [1.807, 2.05) is 13.0 Å². The molecule has 0 aromatic heterocycles. The normalized spacial score (nSPS) is 10.1. The Bertz CT molecular complexity index is 377. The van der Waals surface area contributed by atoms with E-state index in [9.17, 15) is 4.79 Å². The SMILES string of the molecule is COc1c(C)ccc(Cl)c1C(=O)CCN. The second-order valence-corrected chi connectivity index (χ2v) is 3.64. The molecule has 2 N–H and O–H groups in total. The summed E-state index contributed by atoms with van der Waals surface area (Å²) in [6, 6.07) is 3.52. The summed E-state index contributed by atoms with van der Waals surface area (Å²) in [6.45, 7) is 2.18. The van der Waals surface area contributed by atoms with Crippen LogP contribution in [0.5, 0.6) is 5.75 Å². The summed E-state index contributed by atoms with van der Waals surface area (Å²) in [6.07, 6.45) is 0.277. The van der Waals surface area contributed by atoms with Crippen molar-refractivity contribution >= 4 is 17.4 Å². The highest BCUT2D eigenvalue weighted by Gasteiger charge is 2.17. The Morgan fingerprint density at radius 3 is 2.73 bits per heavy atom. The standard InChI is InChI=1S/C11H14ClNO2/c1-7-3-4-8(12)10(11(7)15-2)9(14)5-6-13/h3-4H,5-6,13H2,1-2H3. The summed E-state index contributed by atoms with van der Waals surface area (Å²) < 4.78 is 5.18. The van der Waals surface area contributed by atoms with Gasteiger partial charge in [0.2, 0.25) is 0 Å². The number of hydrogen-bond donors (Lipinski definition) is 1. The minimum absolute atomic E-state index is 0.0805. The van der Waals surface area contributed by atoms with E-state index in [4.69, 9.17) is 22.1 Å². The lowest BCUT2D eigenvalue weighted by molar-refractivity contribution is 0.0982. The van der Waals surface area contributed by atoms with E-state index in [0.29, 0.717) is 22.9 Å². The maximum absolute atomic E-state index is 11.8. The molecule has 0 saturated carbocycles. The van der Waals surface area contributed by atoms with Crippen LogP contribution in [0, 0.1) is 6.92 Å². The molecule has 0 atom stereocenters. The van der Waals surface area contributed by atoms with Crippen LogP contribution in [0.3, 0.4) is 0 Å². The average molecular weight is 228 g/mol. The van der Waals surface area contributed by atoms with Gasteiger partial charge in [-0.3, -0.25) is 4.79 Å². The molecule has 15 heavy (non-hydrogen) atoms. The number of benzene rings is 1. The molecule has 0 aliphatic rings. The van der Waals surface area contributed by atoms with Crippen molar-refractivity contribution in [2.24, 2.45) is 5.73 Å². The first-order valence-corrected chi connectivity index (χ1v) is 5.06. The summed E-state index contributed by atoms with van der Waals surface area (Å²) in [4.78, 5) is 11.8. The smallest absolute Gasteiger partial charge is 0.169 e. The molecule has 0 fully saturated rings. The minimum Gasteiger partial charge on any atom is -0.496 e. The number of carbonyl (C=O) groups excluding carboxylic acids is 1. The monoisotopic (exact) mass is 227 g/mol. The van der Waals surface area contributed by atoms with Crippen LogP contribution in [0.2, 0.25) is 5.02 Å². The number of methoxy groups -OCH3 is 1. The van der Waals surface area contributed by atoms with Crippen molar-refractivity contribution in [2.45, 2.75) is 13.3 Å². The summed E-state index contributed by atoms with van der Waals surface area (Å²) in [5.74, 6) is 0.462. The van der Waals surface area contributed by atoms with Crippen molar-refractivity contribution in [3.05, 3.63) is 28.3 Å². The van der Waals surface area contributed by atoms with Crippen LogP contribution in [-0.2, 0) is 0 Å². The fourth-order valence-corrected chi connectivity index (χ4v) is 1.70. The molecule has 1 aromatic carbocycles. The molecule has 0 spiro atoms. The van der Waals surface area contributed by atoms with Crippen LogP contribution in [-0.4, -0.2) is 19.4 Å². The fourth-order valence-electron chi connectivity index (χ4n) is 1.44. The highest BCUT2D eigenvalue weighted by molar-refractivity contribution is 6.34. The Labute approximate surface area is 94.2 Å². The largest absolute Gasteiger partial charge is 0.496 e. The fraction of sp³-hybridized carbons (Fsp3) is 0.364. The third-order valence-corrected chi connectivity index (χ3v) is 2.47. The van der Waals surface area contributed by atoms with Gasteiger partial charge in [-0.05, 0) is 25.1 Å². The Balaban J connectivity index is 3.24. The van der Waals surface area contributed by atoms with Crippen LogP contribution in [0.15, 0.2) is 12.1 Å². The second kappa shape index (κ2) is 5.14. The third kappa shape index (κ3) is 2.49. The molecule has 1 aromatic rings. The Hall–Kier alpha value is -1.06. The highest BCUT2D eigenvalue weighted by Crippen LogP contribution is 2.30. The van der Waals surface area contributed by atoms with Gasteiger partial charge in [-0.15, -0.1) is 0 Å². The van der Waals surface area contributed by atoms with Crippen molar-refractivity contribution in [3.8, 4) is 5.75 Å². The molecule has 4 heteroatoms. The number of hydrogen-bond acceptors (Lipinski definition) is 3. The Kier molecular flexibility index (Phi) is 4.12. The molecule has 82 valence electrons. The predicted molar refractivity (Wildman–Crippen MR) is 60.7 cm³/mol. The van der Waals surface area contributed by atoms with Gasteiger partial charge in [0.15, 0.2) is 5.78 Å². The number of ketones is 1. The summed E-state index contributed by atoms with van der Waals surface area (Å²) >= 11 is 5.97. The Morgan fingerprint density at radius 1 is 1.53 bits per heavy atom. The highest BCUT2D eigenvalue weighted by atomic mass is 35.5. The van der Waals surface area contributed by atoms with Gasteiger partial charge in [-0.2, -0.15) is 0 Å². The maximum Gasteiger partial charge on any atom is 0.169 e. The predicted octanol–water partition coefficient (Wildman–Crippen LogP) is 2.19. The molecule has 1 rings (SSSR count).